The van der Waals surface area contributed by atoms with Crippen LogP contribution in [0.15, 0.2) is 42.7 Å². The van der Waals surface area contributed by atoms with Crippen molar-refractivity contribution in [3.63, 3.8) is 0 Å². The molecular weight excluding hydrogens is 238 g/mol. The van der Waals surface area contributed by atoms with Crippen molar-refractivity contribution in [1.82, 2.24) is 9.88 Å². The van der Waals surface area contributed by atoms with Gasteiger partial charge in [0.1, 0.15) is 0 Å². The second-order valence-electron chi connectivity index (χ2n) is 4.53. The van der Waals surface area contributed by atoms with Crippen molar-refractivity contribution in [2.45, 2.75) is 6.42 Å². The number of nitrogens with one attached hydrogen (secondary N) is 2. The number of H-pyrrole nitrogens is 1. The Labute approximate surface area is 113 Å². The number of anilines is 1. The van der Waals surface area contributed by atoms with E-state index in [-0.39, 0.29) is 5.91 Å². The van der Waals surface area contributed by atoms with Gasteiger partial charge in [0.05, 0.1) is 0 Å². The molecule has 2 N–H and O–H groups in total. The van der Waals surface area contributed by atoms with Crippen molar-refractivity contribution in [3.8, 4) is 0 Å². The lowest BCUT2D eigenvalue weighted by Gasteiger charge is -2.17. The van der Waals surface area contributed by atoms with E-state index in [0.717, 1.165) is 12.1 Å². The predicted molar refractivity (Wildman–Crippen MR) is 77.4 cm³/mol. The first-order valence-electron chi connectivity index (χ1n) is 6.35. The first-order valence-corrected chi connectivity index (χ1v) is 6.35. The Morgan fingerprint density at radius 2 is 2.21 bits per heavy atom. The van der Waals surface area contributed by atoms with Gasteiger partial charge in [-0.25, -0.2) is 0 Å². The first kappa shape index (κ1) is 13.2. The summed E-state index contributed by atoms with van der Waals surface area (Å²) in [6.07, 6.45) is 4.71. The van der Waals surface area contributed by atoms with Gasteiger partial charge in [-0.2, -0.15) is 0 Å². The maximum Gasteiger partial charge on any atom is 0.253 e. The molecule has 0 aliphatic rings. The third kappa shape index (κ3) is 3.37. The van der Waals surface area contributed by atoms with Crippen molar-refractivity contribution >= 4 is 11.6 Å². The SMILES string of the molecule is CNc1cccc(C(=O)N(C)CCc2cc[nH]c2)c1. The number of nitrogens with zero attached hydrogens (tertiary/aromatic N) is 1. The number of carbonyl (C=O) groups is 1. The Bertz CT molecular complexity index is 534. The third-order valence-corrected chi connectivity index (χ3v) is 3.14. The molecule has 1 amide bonds. The zero-order chi connectivity index (χ0) is 13.7. The van der Waals surface area contributed by atoms with Crippen LogP contribution in [0.2, 0.25) is 0 Å². The van der Waals surface area contributed by atoms with Crippen LogP contribution >= 0.6 is 0 Å². The lowest BCUT2D eigenvalue weighted by Crippen LogP contribution is -2.28. The maximum atomic E-state index is 12.3. The van der Waals surface area contributed by atoms with Crippen LogP contribution in [0.3, 0.4) is 0 Å². The van der Waals surface area contributed by atoms with Crippen LogP contribution < -0.4 is 5.32 Å². The second kappa shape index (κ2) is 6.09. The van der Waals surface area contributed by atoms with Crippen LogP contribution in [0.4, 0.5) is 5.69 Å². The highest BCUT2D eigenvalue weighted by Crippen LogP contribution is 2.12. The Balaban J connectivity index is 1.97. The quantitative estimate of drug-likeness (QED) is 0.864. The molecule has 4 nitrogen and oxygen atoms in total. The summed E-state index contributed by atoms with van der Waals surface area (Å²) in [6.45, 7) is 0.709. The van der Waals surface area contributed by atoms with E-state index in [1.807, 2.05) is 56.8 Å². The minimum Gasteiger partial charge on any atom is -0.388 e. The highest BCUT2D eigenvalue weighted by Gasteiger charge is 2.11. The molecule has 1 heterocycles. The molecule has 2 rings (SSSR count). The molecule has 0 bridgehead atoms. The molecule has 0 aliphatic carbocycles. The number of likely N-dealkylation sites (N-methyl/N-ethyl adjacent to an activating group) is 1. The zero-order valence-corrected chi connectivity index (χ0v) is 11.3. The molecule has 0 unspecified atom stereocenters. The molecule has 2 aromatic rings. The molecule has 0 atom stereocenters. The molecule has 1 aromatic carbocycles. The maximum absolute atomic E-state index is 12.3. The van der Waals surface area contributed by atoms with Crippen LogP contribution in [-0.4, -0.2) is 36.4 Å². The Hall–Kier alpha value is -2.23. The molecule has 0 saturated carbocycles. The van der Waals surface area contributed by atoms with Gasteiger partial charge < -0.3 is 15.2 Å². The van der Waals surface area contributed by atoms with Crippen LogP contribution in [0.25, 0.3) is 0 Å². The Morgan fingerprint density at radius 1 is 1.37 bits per heavy atom. The minimum atomic E-state index is 0.0487. The van der Waals surface area contributed by atoms with E-state index in [1.165, 1.54) is 5.56 Å². The molecule has 0 fully saturated rings. The fourth-order valence-electron chi connectivity index (χ4n) is 1.94. The number of hydrogen-bond donors (Lipinski definition) is 2. The smallest absolute Gasteiger partial charge is 0.253 e. The number of aromatic amines is 1. The third-order valence-electron chi connectivity index (χ3n) is 3.14. The normalized spacial score (nSPS) is 10.2. The number of benzene rings is 1. The Morgan fingerprint density at radius 3 is 2.89 bits per heavy atom. The average molecular weight is 257 g/mol. The van der Waals surface area contributed by atoms with E-state index in [2.05, 4.69) is 10.3 Å². The molecule has 19 heavy (non-hydrogen) atoms. The molecule has 1 aromatic heterocycles. The molecule has 0 radical (unpaired) electrons. The fraction of sp³-hybridized carbons (Fsp3) is 0.267. The zero-order valence-electron chi connectivity index (χ0n) is 11.3. The van der Waals surface area contributed by atoms with Crippen molar-refractivity contribution in [3.05, 3.63) is 53.9 Å². The summed E-state index contributed by atoms with van der Waals surface area (Å²) in [7, 11) is 3.68. The van der Waals surface area contributed by atoms with Gasteiger partial charge in [-0.05, 0) is 36.2 Å². The van der Waals surface area contributed by atoms with E-state index < -0.39 is 0 Å². The van der Waals surface area contributed by atoms with Gasteiger partial charge in [0.15, 0.2) is 0 Å². The van der Waals surface area contributed by atoms with Crippen molar-refractivity contribution < 1.29 is 4.79 Å². The summed E-state index contributed by atoms with van der Waals surface area (Å²) in [6, 6.07) is 9.57. The number of hydrogen-bond acceptors (Lipinski definition) is 2. The number of rotatable bonds is 5. The predicted octanol–water partition coefficient (Wildman–Crippen LogP) is 2.37. The number of amides is 1. The Kier molecular flexibility index (Phi) is 4.23. The van der Waals surface area contributed by atoms with Crippen LogP contribution in [-0.2, 0) is 6.42 Å². The summed E-state index contributed by atoms with van der Waals surface area (Å²) < 4.78 is 0. The molecule has 100 valence electrons. The molecule has 0 saturated heterocycles. The standard InChI is InChI=1S/C15H19N3O/c1-16-14-5-3-4-13(10-14)15(19)18(2)9-7-12-6-8-17-11-12/h3-6,8,10-11,16-17H,7,9H2,1-2H3. The van der Waals surface area contributed by atoms with Gasteiger partial charge in [0.2, 0.25) is 0 Å². The number of aromatic nitrogens is 1. The van der Waals surface area contributed by atoms with E-state index in [9.17, 15) is 4.79 Å². The van der Waals surface area contributed by atoms with Crippen molar-refractivity contribution in [2.24, 2.45) is 0 Å². The number of carbonyl (C=O) groups excluding carboxylic acids is 1. The topological polar surface area (TPSA) is 48.1 Å². The van der Waals surface area contributed by atoms with Gasteiger partial charge in [0, 0.05) is 44.3 Å². The van der Waals surface area contributed by atoms with Gasteiger partial charge in [-0.3, -0.25) is 4.79 Å². The van der Waals surface area contributed by atoms with Crippen molar-refractivity contribution in [2.75, 3.05) is 26.0 Å². The average Bonchev–Trinajstić information content (AvgIpc) is 2.97. The van der Waals surface area contributed by atoms with Crippen LogP contribution in [0.5, 0.6) is 0 Å². The molecule has 0 aliphatic heterocycles. The van der Waals surface area contributed by atoms with Gasteiger partial charge in [-0.1, -0.05) is 6.07 Å². The summed E-state index contributed by atoms with van der Waals surface area (Å²) >= 11 is 0. The highest BCUT2D eigenvalue weighted by molar-refractivity contribution is 5.94. The minimum absolute atomic E-state index is 0.0487. The van der Waals surface area contributed by atoms with Gasteiger partial charge >= 0.3 is 0 Å². The highest BCUT2D eigenvalue weighted by atomic mass is 16.2. The first-order chi connectivity index (χ1) is 9.20. The second-order valence-corrected chi connectivity index (χ2v) is 4.53. The lowest BCUT2D eigenvalue weighted by molar-refractivity contribution is 0.0796. The van der Waals surface area contributed by atoms with Crippen molar-refractivity contribution in [1.29, 1.82) is 0 Å². The van der Waals surface area contributed by atoms with E-state index in [0.29, 0.717) is 12.1 Å². The van der Waals surface area contributed by atoms with E-state index in [4.69, 9.17) is 0 Å². The van der Waals surface area contributed by atoms with Crippen LogP contribution in [0.1, 0.15) is 15.9 Å². The summed E-state index contributed by atoms with van der Waals surface area (Å²) in [5.74, 6) is 0.0487. The summed E-state index contributed by atoms with van der Waals surface area (Å²) in [5, 5.41) is 3.04. The van der Waals surface area contributed by atoms with E-state index >= 15 is 0 Å². The van der Waals surface area contributed by atoms with Gasteiger partial charge in [0.25, 0.3) is 5.91 Å². The van der Waals surface area contributed by atoms with E-state index in [1.54, 1.807) is 4.90 Å². The van der Waals surface area contributed by atoms with Gasteiger partial charge in [-0.15, -0.1) is 0 Å². The molecule has 4 heteroatoms. The largest absolute Gasteiger partial charge is 0.388 e. The molecule has 0 spiro atoms. The summed E-state index contributed by atoms with van der Waals surface area (Å²) in [5.41, 5.74) is 2.87. The lowest BCUT2D eigenvalue weighted by atomic mass is 10.1. The van der Waals surface area contributed by atoms with Crippen LogP contribution in [0, 0.1) is 0 Å². The fourth-order valence-corrected chi connectivity index (χ4v) is 1.94. The molecular formula is C15H19N3O. The monoisotopic (exact) mass is 257 g/mol. The summed E-state index contributed by atoms with van der Waals surface area (Å²) in [4.78, 5) is 17.0.